The van der Waals surface area contributed by atoms with Gasteiger partial charge in [-0.15, -0.1) is 0 Å². The molecule has 4 heteroatoms. The van der Waals surface area contributed by atoms with E-state index in [1.165, 1.54) is 5.57 Å². The summed E-state index contributed by atoms with van der Waals surface area (Å²) in [5.74, 6) is 1.35. The fourth-order valence-electron chi connectivity index (χ4n) is 11.0. The normalized spacial score (nSPS) is 54.1. The van der Waals surface area contributed by atoms with Crippen molar-refractivity contribution in [1.29, 1.82) is 0 Å². The number of hydrogen-bond donors (Lipinski definition) is 3. The second kappa shape index (κ2) is 7.42. The smallest absolute Gasteiger partial charge is 0.138 e. The number of allylic oxidation sites excluding steroid dienone is 1. The van der Waals surface area contributed by atoms with E-state index in [1.54, 1.807) is 0 Å². The molecular weight excluding hydrogens is 424 g/mol. The molecule has 5 aliphatic carbocycles. The van der Waals surface area contributed by atoms with Crippen molar-refractivity contribution in [2.75, 3.05) is 6.61 Å². The van der Waals surface area contributed by atoms with Crippen LogP contribution >= 0.6 is 0 Å². The summed E-state index contributed by atoms with van der Waals surface area (Å²) in [5, 5.41) is 34.2. The van der Waals surface area contributed by atoms with Crippen molar-refractivity contribution in [3.05, 3.63) is 11.6 Å². The van der Waals surface area contributed by atoms with Crippen LogP contribution < -0.4 is 0 Å². The van der Waals surface area contributed by atoms with Gasteiger partial charge < -0.3 is 15.3 Å². The van der Waals surface area contributed by atoms with E-state index in [2.05, 4.69) is 54.5 Å². The molecule has 34 heavy (non-hydrogen) atoms. The highest BCUT2D eigenvalue weighted by Crippen LogP contribution is 2.76. The number of Topliss-reactive ketones (excluding diaryl/α,β-unsaturated/α-hetero) is 1. The van der Waals surface area contributed by atoms with E-state index in [0.29, 0.717) is 30.5 Å². The zero-order chi connectivity index (χ0) is 25.1. The molecule has 0 aromatic rings. The van der Waals surface area contributed by atoms with Gasteiger partial charge in [0.05, 0.1) is 12.2 Å². The van der Waals surface area contributed by atoms with E-state index in [9.17, 15) is 20.1 Å². The number of fused-ring (bicyclic) bond motifs is 7. The van der Waals surface area contributed by atoms with Crippen molar-refractivity contribution in [2.24, 2.45) is 56.7 Å². The third-order valence-electron chi connectivity index (χ3n) is 13.0. The van der Waals surface area contributed by atoms with Crippen LogP contribution in [0.25, 0.3) is 0 Å². The standard InChI is InChI=1S/C30H48O4/c1-17(2)19-14-21(33)25-29(7)11-8-18-24(28(29,6)12-13-30(19,25)16-31)20(32)15-22-26(3,4)23(34)9-10-27(18,22)5/h8,17,19-22,24-25,31-33H,9-16H2,1-7H3/t19-,20-,21+,22-,24-,25+,27+,28-,29+,30+/m0/s1. The zero-order valence-electron chi connectivity index (χ0n) is 22.5. The van der Waals surface area contributed by atoms with Crippen LogP contribution in [0.15, 0.2) is 11.6 Å². The minimum atomic E-state index is -0.472. The van der Waals surface area contributed by atoms with Crippen LogP contribution in [-0.4, -0.2) is 39.9 Å². The fourth-order valence-corrected chi connectivity index (χ4v) is 11.0. The Morgan fingerprint density at radius 3 is 2.26 bits per heavy atom. The average molecular weight is 473 g/mol. The van der Waals surface area contributed by atoms with Gasteiger partial charge in [-0.1, -0.05) is 60.1 Å². The van der Waals surface area contributed by atoms with Crippen LogP contribution in [0, 0.1) is 56.7 Å². The van der Waals surface area contributed by atoms with Gasteiger partial charge >= 0.3 is 0 Å². The summed E-state index contributed by atoms with van der Waals surface area (Å²) in [6.45, 7) is 15.9. The lowest BCUT2D eigenvalue weighted by molar-refractivity contribution is -0.207. The number of rotatable bonds is 2. The van der Waals surface area contributed by atoms with E-state index in [0.717, 1.165) is 32.1 Å². The quantitative estimate of drug-likeness (QED) is 0.486. The third-order valence-corrected chi connectivity index (χ3v) is 13.0. The van der Waals surface area contributed by atoms with Crippen LogP contribution in [0.4, 0.5) is 0 Å². The minimum absolute atomic E-state index is 0.0380. The topological polar surface area (TPSA) is 77.8 Å². The molecule has 0 unspecified atom stereocenters. The molecule has 5 aliphatic rings. The van der Waals surface area contributed by atoms with Crippen LogP contribution in [0.5, 0.6) is 0 Å². The lowest BCUT2D eigenvalue weighted by Crippen LogP contribution is -2.66. The molecule has 0 saturated heterocycles. The van der Waals surface area contributed by atoms with Gasteiger partial charge in [0.2, 0.25) is 0 Å². The molecule has 4 nitrogen and oxygen atoms in total. The molecule has 0 aromatic carbocycles. The summed E-state index contributed by atoms with van der Waals surface area (Å²) in [4.78, 5) is 12.9. The van der Waals surface area contributed by atoms with Gasteiger partial charge in [-0.3, -0.25) is 4.79 Å². The van der Waals surface area contributed by atoms with Crippen LogP contribution in [0.1, 0.15) is 93.4 Å². The van der Waals surface area contributed by atoms with Gasteiger partial charge in [-0.25, -0.2) is 0 Å². The number of carbonyl (C=O) groups is 1. The maximum Gasteiger partial charge on any atom is 0.138 e. The van der Waals surface area contributed by atoms with Crippen molar-refractivity contribution in [3.63, 3.8) is 0 Å². The molecule has 0 aliphatic heterocycles. The van der Waals surface area contributed by atoms with Crippen molar-refractivity contribution in [2.45, 2.75) is 106 Å². The van der Waals surface area contributed by atoms with E-state index < -0.39 is 17.6 Å². The molecule has 0 amide bonds. The Hall–Kier alpha value is -0.710. The largest absolute Gasteiger partial charge is 0.396 e. The molecule has 10 atom stereocenters. The van der Waals surface area contributed by atoms with Crippen LogP contribution in [0.3, 0.4) is 0 Å². The third kappa shape index (κ3) is 2.74. The summed E-state index contributed by atoms with van der Waals surface area (Å²) >= 11 is 0. The number of ketones is 1. The molecule has 5 rings (SSSR count). The Bertz CT molecular complexity index is 905. The molecule has 0 aromatic heterocycles. The molecule has 0 radical (unpaired) electrons. The van der Waals surface area contributed by atoms with Crippen molar-refractivity contribution in [1.82, 2.24) is 0 Å². The molecule has 0 heterocycles. The highest BCUT2D eigenvalue weighted by Gasteiger charge is 2.72. The molecule has 4 fully saturated rings. The second-order valence-electron chi connectivity index (χ2n) is 14.6. The summed E-state index contributed by atoms with van der Waals surface area (Å²) in [5.41, 5.74) is 0.347. The summed E-state index contributed by atoms with van der Waals surface area (Å²) in [6.07, 6.45) is 7.27. The predicted molar refractivity (Wildman–Crippen MR) is 134 cm³/mol. The van der Waals surface area contributed by atoms with Crippen molar-refractivity contribution in [3.8, 4) is 0 Å². The van der Waals surface area contributed by atoms with Crippen molar-refractivity contribution >= 4 is 5.78 Å². The predicted octanol–water partition coefficient (Wildman–Crippen LogP) is 5.15. The summed E-state index contributed by atoms with van der Waals surface area (Å²) in [6, 6.07) is 0. The number of aliphatic hydroxyl groups excluding tert-OH is 3. The first kappa shape index (κ1) is 25.0. The van der Waals surface area contributed by atoms with E-state index >= 15 is 0 Å². The number of aliphatic hydroxyl groups is 3. The van der Waals surface area contributed by atoms with Gasteiger partial charge in [0, 0.05) is 29.8 Å². The maximum absolute atomic E-state index is 12.9. The molecule has 4 saturated carbocycles. The highest BCUT2D eigenvalue weighted by molar-refractivity contribution is 5.85. The Labute approximate surface area is 206 Å². The lowest BCUT2D eigenvalue weighted by atomic mass is 9.35. The maximum atomic E-state index is 12.9. The van der Waals surface area contributed by atoms with Gasteiger partial charge in [-0.2, -0.15) is 0 Å². The lowest BCUT2D eigenvalue weighted by Gasteiger charge is -2.69. The SMILES string of the molecule is CC(C)[C@@H]1C[C@@H](O)[C@H]2[C@@]1(CO)CC[C@@]1(C)[C@H]3C(=CC[C@]21C)[C@@]1(C)CCC(=O)C(C)(C)[C@@H]1C[C@@H]3O. The second-order valence-corrected chi connectivity index (χ2v) is 14.6. The Kier molecular flexibility index (Phi) is 5.44. The summed E-state index contributed by atoms with van der Waals surface area (Å²) in [7, 11) is 0. The first-order valence-electron chi connectivity index (χ1n) is 13.9. The van der Waals surface area contributed by atoms with Crippen LogP contribution in [0.2, 0.25) is 0 Å². The van der Waals surface area contributed by atoms with Crippen LogP contribution in [-0.2, 0) is 4.79 Å². The molecular formula is C30H48O4. The van der Waals surface area contributed by atoms with Gasteiger partial charge in [0.15, 0.2) is 0 Å². The Morgan fingerprint density at radius 2 is 1.65 bits per heavy atom. The first-order chi connectivity index (χ1) is 15.7. The molecule has 192 valence electrons. The van der Waals surface area contributed by atoms with E-state index in [1.807, 2.05) is 0 Å². The average Bonchev–Trinajstić information content (AvgIpc) is 3.08. The van der Waals surface area contributed by atoms with E-state index in [4.69, 9.17) is 0 Å². The van der Waals surface area contributed by atoms with Crippen molar-refractivity contribution < 1.29 is 20.1 Å². The Balaban J connectivity index is 1.63. The molecule has 0 bridgehead atoms. The molecule has 3 N–H and O–H groups in total. The van der Waals surface area contributed by atoms with Gasteiger partial charge in [0.25, 0.3) is 0 Å². The minimum Gasteiger partial charge on any atom is -0.396 e. The van der Waals surface area contributed by atoms with Gasteiger partial charge in [-0.05, 0) is 78.4 Å². The monoisotopic (exact) mass is 472 g/mol. The number of carbonyl (C=O) groups excluding carboxylic acids is 1. The summed E-state index contributed by atoms with van der Waals surface area (Å²) < 4.78 is 0. The van der Waals surface area contributed by atoms with Gasteiger partial charge in [0.1, 0.15) is 5.78 Å². The first-order valence-corrected chi connectivity index (χ1v) is 13.9. The van der Waals surface area contributed by atoms with E-state index in [-0.39, 0.29) is 46.0 Å². The Morgan fingerprint density at radius 1 is 0.971 bits per heavy atom. The number of hydrogen-bond acceptors (Lipinski definition) is 4. The molecule has 0 spiro atoms. The zero-order valence-corrected chi connectivity index (χ0v) is 22.5. The highest BCUT2D eigenvalue weighted by atomic mass is 16.3. The fraction of sp³-hybridized carbons (Fsp3) is 0.900.